The highest BCUT2D eigenvalue weighted by Gasteiger charge is 2.51. The van der Waals surface area contributed by atoms with Gasteiger partial charge in [-0.15, -0.1) is 0 Å². The first kappa shape index (κ1) is 18.5. The van der Waals surface area contributed by atoms with E-state index < -0.39 is 9.84 Å². The summed E-state index contributed by atoms with van der Waals surface area (Å²) in [6, 6.07) is 5.70. The van der Waals surface area contributed by atoms with E-state index in [1.54, 1.807) is 16.8 Å². The summed E-state index contributed by atoms with van der Waals surface area (Å²) >= 11 is 0. The fraction of sp³-hybridized carbons (Fsp3) is 0.571. The van der Waals surface area contributed by atoms with Gasteiger partial charge in [-0.05, 0) is 48.3 Å². The molecule has 1 aromatic carbocycles. The molecule has 5 nitrogen and oxygen atoms in total. The zero-order chi connectivity index (χ0) is 19.8. The zero-order valence-electron chi connectivity index (χ0n) is 16.7. The fourth-order valence-electron chi connectivity index (χ4n) is 5.65. The third-order valence-corrected chi connectivity index (χ3v) is 7.40. The van der Waals surface area contributed by atoms with Crippen molar-refractivity contribution >= 4 is 26.6 Å². The maximum atomic E-state index is 13.3. The van der Waals surface area contributed by atoms with E-state index in [0.29, 0.717) is 10.9 Å². The van der Waals surface area contributed by atoms with Gasteiger partial charge < -0.3 is 9.47 Å². The SMILES string of the molecule is Cn1cc(S(C)(=O)=O)c2cc(C(=O)N3CC4(C)CC3CC(C)(C)C4)ccc21. The highest BCUT2D eigenvalue weighted by atomic mass is 32.2. The molecule has 1 saturated heterocycles. The van der Waals surface area contributed by atoms with Crippen LogP contribution in [0.2, 0.25) is 0 Å². The Labute approximate surface area is 161 Å². The van der Waals surface area contributed by atoms with Crippen LogP contribution in [0.3, 0.4) is 0 Å². The fourth-order valence-corrected chi connectivity index (χ4v) is 6.56. The van der Waals surface area contributed by atoms with Crippen LogP contribution in [-0.4, -0.2) is 42.6 Å². The molecule has 4 rings (SSSR count). The van der Waals surface area contributed by atoms with Gasteiger partial charge in [-0.1, -0.05) is 20.8 Å². The van der Waals surface area contributed by atoms with E-state index in [1.165, 1.54) is 6.26 Å². The molecule has 1 aromatic heterocycles. The van der Waals surface area contributed by atoms with Crippen LogP contribution in [-0.2, 0) is 16.9 Å². The van der Waals surface area contributed by atoms with Gasteiger partial charge in [-0.25, -0.2) is 8.42 Å². The van der Waals surface area contributed by atoms with Crippen LogP contribution in [0.25, 0.3) is 10.9 Å². The molecule has 2 aliphatic rings. The standard InChI is InChI=1S/C21H28N2O3S/c1-20(2)9-15-10-21(3,12-20)13-23(15)19(24)14-6-7-17-16(8-14)18(11-22(17)4)27(5,25)26/h6-8,11,15H,9-10,12-13H2,1-5H3. The Bertz CT molecular complexity index is 1050. The third kappa shape index (κ3) is 3.08. The van der Waals surface area contributed by atoms with E-state index in [1.807, 2.05) is 24.1 Å². The quantitative estimate of drug-likeness (QED) is 0.789. The van der Waals surface area contributed by atoms with Crippen LogP contribution in [0.1, 0.15) is 50.4 Å². The number of aryl methyl sites for hydroxylation is 1. The molecule has 1 saturated carbocycles. The molecule has 1 aliphatic heterocycles. The number of hydrogen-bond acceptors (Lipinski definition) is 3. The number of amides is 1. The van der Waals surface area contributed by atoms with Crippen molar-refractivity contribution in [3.05, 3.63) is 30.0 Å². The molecule has 146 valence electrons. The van der Waals surface area contributed by atoms with Crippen molar-refractivity contribution in [3.8, 4) is 0 Å². The maximum absolute atomic E-state index is 13.3. The minimum Gasteiger partial charge on any atom is -0.349 e. The summed E-state index contributed by atoms with van der Waals surface area (Å²) < 4.78 is 26.1. The first-order valence-corrected chi connectivity index (χ1v) is 11.4. The normalized spacial score (nSPS) is 27.3. The highest BCUT2D eigenvalue weighted by Crippen LogP contribution is 2.52. The number of aromatic nitrogens is 1. The first-order valence-electron chi connectivity index (χ1n) is 9.49. The van der Waals surface area contributed by atoms with E-state index in [0.717, 1.165) is 31.3 Å². The van der Waals surface area contributed by atoms with Crippen molar-refractivity contribution < 1.29 is 13.2 Å². The second kappa shape index (κ2) is 5.60. The van der Waals surface area contributed by atoms with Crippen LogP contribution in [0, 0.1) is 10.8 Å². The molecule has 0 spiro atoms. The summed E-state index contributed by atoms with van der Waals surface area (Å²) in [6.07, 6.45) is 6.06. The maximum Gasteiger partial charge on any atom is 0.254 e. The Morgan fingerprint density at radius 3 is 2.56 bits per heavy atom. The summed E-state index contributed by atoms with van der Waals surface area (Å²) in [4.78, 5) is 15.6. The van der Waals surface area contributed by atoms with Gasteiger partial charge in [-0.3, -0.25) is 4.79 Å². The minimum atomic E-state index is -3.36. The molecule has 0 N–H and O–H groups in total. The number of hydrogen-bond donors (Lipinski definition) is 0. The van der Waals surface area contributed by atoms with E-state index >= 15 is 0 Å². The van der Waals surface area contributed by atoms with E-state index in [4.69, 9.17) is 0 Å². The summed E-state index contributed by atoms with van der Waals surface area (Å²) in [7, 11) is -1.53. The first-order chi connectivity index (χ1) is 12.4. The largest absolute Gasteiger partial charge is 0.349 e. The Kier molecular flexibility index (Phi) is 3.84. The molecule has 2 atom stereocenters. The van der Waals surface area contributed by atoms with E-state index in [9.17, 15) is 13.2 Å². The van der Waals surface area contributed by atoms with Crippen molar-refractivity contribution in [2.24, 2.45) is 17.9 Å². The Morgan fingerprint density at radius 1 is 1.19 bits per heavy atom. The molecule has 6 heteroatoms. The van der Waals surface area contributed by atoms with Gasteiger partial charge in [0, 0.05) is 48.6 Å². The summed E-state index contributed by atoms with van der Waals surface area (Å²) in [5.74, 6) is 0.0200. The lowest BCUT2D eigenvalue weighted by molar-refractivity contribution is 0.0708. The van der Waals surface area contributed by atoms with Crippen LogP contribution in [0.4, 0.5) is 0 Å². The van der Waals surface area contributed by atoms with E-state index in [2.05, 4.69) is 20.8 Å². The minimum absolute atomic E-state index is 0.0200. The Morgan fingerprint density at radius 2 is 1.89 bits per heavy atom. The summed E-state index contributed by atoms with van der Waals surface area (Å²) in [6.45, 7) is 7.65. The summed E-state index contributed by atoms with van der Waals surface area (Å²) in [5, 5.41) is 0.625. The number of likely N-dealkylation sites (tertiary alicyclic amines) is 1. The molecule has 1 amide bonds. The zero-order valence-corrected chi connectivity index (χ0v) is 17.6. The predicted octanol–water partition coefficient (Wildman–Crippen LogP) is 3.62. The molecule has 27 heavy (non-hydrogen) atoms. The van der Waals surface area contributed by atoms with E-state index in [-0.39, 0.29) is 27.7 Å². The average molecular weight is 389 g/mol. The van der Waals surface area contributed by atoms with Crippen molar-refractivity contribution in [2.45, 2.75) is 51.0 Å². The molecule has 2 fully saturated rings. The number of sulfone groups is 1. The van der Waals surface area contributed by atoms with Gasteiger partial charge in [0.1, 0.15) is 0 Å². The van der Waals surface area contributed by atoms with Crippen LogP contribution in [0.15, 0.2) is 29.3 Å². The third-order valence-electron chi connectivity index (χ3n) is 6.27. The summed E-state index contributed by atoms with van der Waals surface area (Å²) in [5.41, 5.74) is 1.82. The molecule has 2 unspecified atom stereocenters. The van der Waals surface area contributed by atoms with Crippen molar-refractivity contribution in [1.29, 1.82) is 0 Å². The monoisotopic (exact) mass is 388 g/mol. The number of rotatable bonds is 2. The number of nitrogens with zero attached hydrogens (tertiary/aromatic N) is 2. The molecule has 1 aliphatic carbocycles. The van der Waals surface area contributed by atoms with Crippen LogP contribution < -0.4 is 0 Å². The lowest BCUT2D eigenvalue weighted by Gasteiger charge is -2.39. The predicted molar refractivity (Wildman–Crippen MR) is 107 cm³/mol. The second-order valence-electron chi connectivity index (χ2n) is 9.76. The number of carbonyl (C=O) groups is 1. The Balaban J connectivity index is 1.74. The number of benzene rings is 1. The van der Waals surface area contributed by atoms with Crippen molar-refractivity contribution in [2.75, 3.05) is 12.8 Å². The molecule has 2 heterocycles. The second-order valence-corrected chi connectivity index (χ2v) is 11.7. The smallest absolute Gasteiger partial charge is 0.254 e. The van der Waals surface area contributed by atoms with Gasteiger partial charge in [0.2, 0.25) is 0 Å². The van der Waals surface area contributed by atoms with Gasteiger partial charge in [0.25, 0.3) is 5.91 Å². The van der Waals surface area contributed by atoms with Crippen LogP contribution >= 0.6 is 0 Å². The molecule has 0 radical (unpaired) electrons. The van der Waals surface area contributed by atoms with Gasteiger partial charge in [0.05, 0.1) is 4.90 Å². The van der Waals surface area contributed by atoms with Gasteiger partial charge >= 0.3 is 0 Å². The van der Waals surface area contributed by atoms with Crippen LogP contribution in [0.5, 0.6) is 0 Å². The average Bonchev–Trinajstić information content (AvgIpc) is 2.99. The molecule has 2 aromatic rings. The number of fused-ring (bicyclic) bond motifs is 3. The van der Waals surface area contributed by atoms with Crippen molar-refractivity contribution in [1.82, 2.24) is 9.47 Å². The van der Waals surface area contributed by atoms with Gasteiger partial charge in [-0.2, -0.15) is 0 Å². The molecular formula is C21H28N2O3S. The lowest BCUT2D eigenvalue weighted by Crippen LogP contribution is -2.37. The lowest BCUT2D eigenvalue weighted by atomic mass is 9.65. The number of carbonyl (C=O) groups excluding carboxylic acids is 1. The molecular weight excluding hydrogens is 360 g/mol. The van der Waals surface area contributed by atoms with Gasteiger partial charge in [0.15, 0.2) is 9.84 Å². The molecule has 2 bridgehead atoms. The highest BCUT2D eigenvalue weighted by molar-refractivity contribution is 7.91. The topological polar surface area (TPSA) is 59.4 Å². The Hall–Kier alpha value is -1.82. The van der Waals surface area contributed by atoms with Crippen molar-refractivity contribution in [3.63, 3.8) is 0 Å².